The number of benzene rings is 1. The largest absolute Gasteiger partial charge is 0.464 e. The molecule has 2 atom stereocenters. The number of fused-ring (bicyclic) bond motifs is 1. The molecule has 0 spiro atoms. The van der Waals surface area contributed by atoms with Crippen LogP contribution in [0.5, 0.6) is 0 Å². The van der Waals surface area contributed by atoms with Crippen molar-refractivity contribution in [3.8, 4) is 0 Å². The van der Waals surface area contributed by atoms with Crippen molar-refractivity contribution in [1.82, 2.24) is 5.32 Å². The van der Waals surface area contributed by atoms with Crippen LogP contribution in [0.15, 0.2) is 23.1 Å². The zero-order valence-electron chi connectivity index (χ0n) is 11.6. The van der Waals surface area contributed by atoms with E-state index in [2.05, 4.69) is 5.32 Å². The number of ether oxygens (including phenoxy) is 1. The van der Waals surface area contributed by atoms with E-state index in [4.69, 9.17) is 22.1 Å². The molecule has 0 saturated heterocycles. The Labute approximate surface area is 132 Å². The predicted octanol–water partition coefficient (Wildman–Crippen LogP) is 1.88. The summed E-state index contributed by atoms with van der Waals surface area (Å²) >= 11 is 7.73. The van der Waals surface area contributed by atoms with Gasteiger partial charge in [-0.1, -0.05) is 11.6 Å². The van der Waals surface area contributed by atoms with E-state index in [9.17, 15) is 9.59 Å². The molecule has 5 nitrogen and oxygen atoms in total. The molecule has 0 bridgehead atoms. The Bertz CT molecular complexity index is 553. The van der Waals surface area contributed by atoms with Gasteiger partial charge in [0.05, 0.1) is 12.6 Å². The molecule has 0 aromatic heterocycles. The van der Waals surface area contributed by atoms with Crippen molar-refractivity contribution >= 4 is 35.2 Å². The Kier molecular flexibility index (Phi) is 5.50. The van der Waals surface area contributed by atoms with Crippen LogP contribution in [0, 0.1) is 0 Å². The molecule has 21 heavy (non-hydrogen) atoms. The van der Waals surface area contributed by atoms with Gasteiger partial charge in [-0.05, 0) is 37.1 Å². The number of carbonyl (C=O) groups excluding carboxylic acids is 2. The highest BCUT2D eigenvalue weighted by Gasteiger charge is 2.28. The molecular formula is C14H17ClN2O3S. The lowest BCUT2D eigenvalue weighted by Crippen LogP contribution is -2.48. The molecule has 0 fully saturated rings. The second-order valence-electron chi connectivity index (χ2n) is 4.61. The minimum Gasteiger partial charge on any atom is -0.464 e. The van der Waals surface area contributed by atoms with Crippen LogP contribution < -0.4 is 11.1 Å². The summed E-state index contributed by atoms with van der Waals surface area (Å²) in [7, 11) is 0. The molecule has 1 aromatic rings. The van der Waals surface area contributed by atoms with Gasteiger partial charge in [0.25, 0.3) is 0 Å². The third kappa shape index (κ3) is 3.90. The zero-order chi connectivity index (χ0) is 15.4. The third-order valence-electron chi connectivity index (χ3n) is 3.15. The van der Waals surface area contributed by atoms with Crippen molar-refractivity contribution in [1.29, 1.82) is 0 Å². The molecular weight excluding hydrogens is 312 g/mol. The highest BCUT2D eigenvalue weighted by Crippen LogP contribution is 2.37. The van der Waals surface area contributed by atoms with E-state index >= 15 is 0 Å². The predicted molar refractivity (Wildman–Crippen MR) is 82.3 cm³/mol. The molecule has 114 valence electrons. The number of rotatable bonds is 4. The van der Waals surface area contributed by atoms with E-state index in [0.717, 1.165) is 22.6 Å². The molecule has 1 aliphatic rings. The fourth-order valence-corrected chi connectivity index (χ4v) is 3.40. The number of hydrogen-bond acceptors (Lipinski definition) is 5. The van der Waals surface area contributed by atoms with Crippen LogP contribution in [0.4, 0.5) is 0 Å². The molecule has 1 amide bonds. The number of nitrogens with two attached hydrogens (primary N) is 1. The summed E-state index contributed by atoms with van der Waals surface area (Å²) in [5.74, 6) is -0.364. The monoisotopic (exact) mass is 328 g/mol. The highest BCUT2D eigenvalue weighted by atomic mass is 35.5. The van der Waals surface area contributed by atoms with Gasteiger partial charge < -0.3 is 15.8 Å². The normalized spacial score (nSPS) is 18.5. The van der Waals surface area contributed by atoms with E-state index in [0.29, 0.717) is 5.02 Å². The van der Waals surface area contributed by atoms with Crippen molar-refractivity contribution in [2.45, 2.75) is 30.3 Å². The van der Waals surface area contributed by atoms with Crippen LogP contribution in [0.2, 0.25) is 5.02 Å². The molecule has 0 saturated carbocycles. The summed E-state index contributed by atoms with van der Waals surface area (Å²) < 4.78 is 4.75. The number of esters is 1. The second-order valence-corrected chi connectivity index (χ2v) is 6.18. The maximum absolute atomic E-state index is 12.0. The van der Waals surface area contributed by atoms with Gasteiger partial charge >= 0.3 is 5.97 Å². The van der Waals surface area contributed by atoms with Gasteiger partial charge in [-0.2, -0.15) is 0 Å². The van der Waals surface area contributed by atoms with Crippen molar-refractivity contribution in [3.63, 3.8) is 0 Å². The SMILES string of the molecule is CCOC(=O)C(N)C(=O)NC1CCSc2ccc(Cl)cc21. The van der Waals surface area contributed by atoms with Gasteiger partial charge in [-0.15, -0.1) is 11.8 Å². The minimum atomic E-state index is -1.30. The number of amides is 1. The van der Waals surface area contributed by atoms with Gasteiger partial charge in [0, 0.05) is 15.7 Å². The molecule has 1 aliphatic heterocycles. The number of nitrogens with one attached hydrogen (secondary N) is 1. The first kappa shape index (κ1) is 16.1. The number of halogens is 1. The maximum atomic E-state index is 12.0. The van der Waals surface area contributed by atoms with Crippen molar-refractivity contribution in [2.75, 3.05) is 12.4 Å². The van der Waals surface area contributed by atoms with Gasteiger partial charge in [-0.3, -0.25) is 4.79 Å². The van der Waals surface area contributed by atoms with E-state index in [1.807, 2.05) is 18.2 Å². The van der Waals surface area contributed by atoms with E-state index in [-0.39, 0.29) is 12.6 Å². The Morgan fingerprint density at radius 2 is 2.33 bits per heavy atom. The maximum Gasteiger partial charge on any atom is 0.332 e. The lowest BCUT2D eigenvalue weighted by molar-refractivity contribution is -0.148. The molecule has 1 heterocycles. The molecule has 0 radical (unpaired) electrons. The van der Waals surface area contributed by atoms with Crippen molar-refractivity contribution < 1.29 is 14.3 Å². The summed E-state index contributed by atoms with van der Waals surface area (Å²) in [6.45, 7) is 1.86. The molecule has 7 heteroatoms. The summed E-state index contributed by atoms with van der Waals surface area (Å²) in [6, 6.07) is 4.10. The quantitative estimate of drug-likeness (QED) is 0.651. The zero-order valence-corrected chi connectivity index (χ0v) is 13.2. The third-order valence-corrected chi connectivity index (χ3v) is 4.51. The first-order valence-electron chi connectivity index (χ1n) is 6.67. The second kappa shape index (κ2) is 7.15. The summed E-state index contributed by atoms with van der Waals surface area (Å²) in [5, 5.41) is 3.42. The van der Waals surface area contributed by atoms with E-state index in [1.165, 1.54) is 0 Å². The standard InChI is InChI=1S/C14H17ClN2O3S/c1-2-20-14(19)12(16)13(18)17-10-5-6-21-11-4-3-8(15)7-9(10)11/h3-4,7,10,12H,2,5-6,16H2,1H3,(H,17,18). The first-order chi connectivity index (χ1) is 10.0. The minimum absolute atomic E-state index is 0.187. The summed E-state index contributed by atoms with van der Waals surface area (Å²) in [4.78, 5) is 24.6. The average molecular weight is 329 g/mol. The highest BCUT2D eigenvalue weighted by molar-refractivity contribution is 7.99. The molecule has 0 aliphatic carbocycles. The molecule has 1 aromatic carbocycles. The van der Waals surface area contributed by atoms with Crippen LogP contribution >= 0.6 is 23.4 Å². The van der Waals surface area contributed by atoms with Gasteiger partial charge in [0.1, 0.15) is 0 Å². The van der Waals surface area contributed by atoms with Gasteiger partial charge in [-0.25, -0.2) is 4.79 Å². The summed E-state index contributed by atoms with van der Waals surface area (Å²) in [5.41, 5.74) is 6.56. The fraction of sp³-hybridized carbons (Fsp3) is 0.429. The van der Waals surface area contributed by atoms with Crippen molar-refractivity contribution in [3.05, 3.63) is 28.8 Å². The Morgan fingerprint density at radius 3 is 3.05 bits per heavy atom. The van der Waals surface area contributed by atoms with Gasteiger partial charge in [0.15, 0.2) is 6.04 Å². The first-order valence-corrected chi connectivity index (χ1v) is 8.04. The Hall–Kier alpha value is -1.24. The fourth-order valence-electron chi connectivity index (χ4n) is 2.12. The van der Waals surface area contributed by atoms with Crippen LogP contribution in [-0.4, -0.2) is 30.3 Å². The summed E-state index contributed by atoms with van der Waals surface area (Å²) in [6.07, 6.45) is 0.763. The van der Waals surface area contributed by atoms with Crippen LogP contribution in [0.1, 0.15) is 24.9 Å². The van der Waals surface area contributed by atoms with E-state index in [1.54, 1.807) is 18.7 Å². The smallest absolute Gasteiger partial charge is 0.332 e. The van der Waals surface area contributed by atoms with Crippen LogP contribution in [0.25, 0.3) is 0 Å². The topological polar surface area (TPSA) is 81.4 Å². The van der Waals surface area contributed by atoms with Crippen LogP contribution in [0.3, 0.4) is 0 Å². The number of thioether (sulfide) groups is 1. The Balaban J connectivity index is 2.09. The van der Waals surface area contributed by atoms with Crippen molar-refractivity contribution in [2.24, 2.45) is 5.73 Å². The molecule has 2 rings (SSSR count). The van der Waals surface area contributed by atoms with Gasteiger partial charge in [0.2, 0.25) is 5.91 Å². The van der Waals surface area contributed by atoms with Crippen LogP contribution in [-0.2, 0) is 14.3 Å². The Morgan fingerprint density at radius 1 is 1.57 bits per heavy atom. The number of carbonyl (C=O) groups is 2. The molecule has 3 N–H and O–H groups in total. The lowest BCUT2D eigenvalue weighted by Gasteiger charge is -2.27. The number of hydrogen-bond donors (Lipinski definition) is 2. The lowest BCUT2D eigenvalue weighted by atomic mass is 10.0. The van der Waals surface area contributed by atoms with E-state index < -0.39 is 17.9 Å². The molecule has 2 unspecified atom stereocenters. The average Bonchev–Trinajstić information content (AvgIpc) is 2.47.